The van der Waals surface area contributed by atoms with E-state index in [-0.39, 0.29) is 0 Å². The number of benzene rings is 2. The number of nitrogens with zero attached hydrogens (tertiary/aromatic N) is 2. The fourth-order valence-electron chi connectivity index (χ4n) is 3.27. The standard InChI is InChI=1S/C22H30N6O2/c1-23-27-18-15-28(2)22(26-21(18)25-17-8-6-5-7-9-17)24-13-12-16-10-11-19(29-3)20(14-16)30-4/h5-11,14,23,25,27H,12-13,15H2,1-4H3,(H,24,26)/p+1. The Morgan fingerprint density at radius 3 is 2.57 bits per heavy atom. The van der Waals surface area contributed by atoms with Gasteiger partial charge in [-0.15, -0.1) is 0 Å². The predicted octanol–water partition coefficient (Wildman–Crippen LogP) is 0.926. The zero-order chi connectivity index (χ0) is 21.3. The zero-order valence-electron chi connectivity index (χ0n) is 18.0. The first kappa shape index (κ1) is 21.5. The summed E-state index contributed by atoms with van der Waals surface area (Å²) in [6.07, 6.45) is 0.808. The summed E-state index contributed by atoms with van der Waals surface area (Å²) in [5.74, 6) is 3.32. The minimum absolute atomic E-state index is 0.662. The van der Waals surface area contributed by atoms with Gasteiger partial charge in [0.25, 0.3) is 0 Å². The second kappa shape index (κ2) is 10.5. The zero-order valence-corrected chi connectivity index (χ0v) is 18.0. The molecule has 0 spiro atoms. The van der Waals surface area contributed by atoms with E-state index in [4.69, 9.17) is 14.5 Å². The van der Waals surface area contributed by atoms with Gasteiger partial charge in [-0.2, -0.15) is 0 Å². The highest BCUT2D eigenvalue weighted by atomic mass is 16.5. The van der Waals surface area contributed by atoms with Gasteiger partial charge in [0.2, 0.25) is 11.8 Å². The maximum absolute atomic E-state index is 5.39. The molecule has 1 aliphatic rings. The van der Waals surface area contributed by atoms with Crippen LogP contribution in [-0.2, 0) is 6.42 Å². The average Bonchev–Trinajstić information content (AvgIpc) is 2.77. The van der Waals surface area contributed by atoms with E-state index >= 15 is 0 Å². The van der Waals surface area contributed by atoms with Crippen LogP contribution in [0.4, 0.5) is 5.69 Å². The third kappa shape index (κ3) is 5.43. The first-order chi connectivity index (χ1) is 14.6. The molecule has 0 fully saturated rings. The number of guanidine groups is 1. The second-order valence-electron chi connectivity index (χ2n) is 6.95. The van der Waals surface area contributed by atoms with Crippen LogP contribution in [0.1, 0.15) is 5.56 Å². The third-order valence-electron chi connectivity index (χ3n) is 4.82. The van der Waals surface area contributed by atoms with Crippen molar-refractivity contribution in [2.45, 2.75) is 6.42 Å². The lowest BCUT2D eigenvalue weighted by Crippen LogP contribution is -2.81. The molecule has 0 atom stereocenters. The van der Waals surface area contributed by atoms with E-state index in [1.54, 1.807) is 14.2 Å². The lowest BCUT2D eigenvalue weighted by atomic mass is 10.1. The lowest BCUT2D eigenvalue weighted by Gasteiger charge is -2.29. The molecule has 5 N–H and O–H groups in total. The minimum Gasteiger partial charge on any atom is -0.493 e. The molecule has 0 unspecified atom stereocenters. The van der Waals surface area contributed by atoms with Crippen LogP contribution in [0.5, 0.6) is 11.5 Å². The van der Waals surface area contributed by atoms with Crippen molar-refractivity contribution < 1.29 is 14.8 Å². The summed E-state index contributed by atoms with van der Waals surface area (Å²) in [6, 6.07) is 16.2. The number of ether oxygens (including phenoxy) is 2. The number of aliphatic imine (C=N–C) groups is 1. The van der Waals surface area contributed by atoms with Gasteiger partial charge in [-0.25, -0.2) is 5.43 Å². The quantitative estimate of drug-likeness (QED) is 0.363. The molecule has 0 saturated heterocycles. The summed E-state index contributed by atoms with van der Waals surface area (Å²) >= 11 is 0. The van der Waals surface area contributed by atoms with Gasteiger partial charge in [-0.05, 0) is 36.2 Å². The number of likely N-dealkylation sites (N-methyl/N-ethyl adjacent to an activating group) is 1. The van der Waals surface area contributed by atoms with Gasteiger partial charge in [0.1, 0.15) is 11.4 Å². The fraction of sp³-hybridized carbons (Fsp3) is 0.318. The summed E-state index contributed by atoms with van der Waals surface area (Å²) < 4.78 is 10.7. The summed E-state index contributed by atoms with van der Waals surface area (Å²) in [5.41, 5.74) is 9.58. The molecule has 0 aromatic heterocycles. The molecule has 0 amide bonds. The number of methoxy groups -OCH3 is 2. The molecule has 3 rings (SSSR count). The first-order valence-corrected chi connectivity index (χ1v) is 9.93. The van der Waals surface area contributed by atoms with E-state index in [1.807, 2.05) is 50.5 Å². The van der Waals surface area contributed by atoms with Crippen LogP contribution in [-0.4, -0.2) is 52.3 Å². The Labute approximate surface area is 177 Å². The van der Waals surface area contributed by atoms with Crippen LogP contribution in [0.15, 0.2) is 65.0 Å². The Morgan fingerprint density at radius 1 is 1.10 bits per heavy atom. The van der Waals surface area contributed by atoms with Crippen LogP contribution in [0, 0.1) is 0 Å². The van der Waals surface area contributed by atoms with Gasteiger partial charge in [-0.3, -0.25) is 15.6 Å². The number of hydrogen-bond acceptors (Lipinski definition) is 5. The number of nitrogens with two attached hydrogens (primary N) is 1. The van der Waals surface area contributed by atoms with Crippen molar-refractivity contribution in [3.8, 4) is 11.5 Å². The Balaban J connectivity index is 1.70. The highest BCUT2D eigenvalue weighted by Gasteiger charge is 2.24. The Morgan fingerprint density at radius 2 is 1.87 bits per heavy atom. The molecule has 0 aliphatic carbocycles. The molecule has 0 bridgehead atoms. The van der Waals surface area contributed by atoms with Gasteiger partial charge in [-0.1, -0.05) is 24.3 Å². The van der Waals surface area contributed by atoms with Crippen molar-refractivity contribution in [1.82, 2.24) is 21.1 Å². The van der Waals surface area contributed by atoms with Crippen molar-refractivity contribution in [2.75, 3.05) is 41.4 Å². The maximum Gasteiger partial charge on any atom is 0.232 e. The summed E-state index contributed by atoms with van der Waals surface area (Å²) in [4.78, 5) is 6.89. The van der Waals surface area contributed by atoms with E-state index in [9.17, 15) is 0 Å². The van der Waals surface area contributed by atoms with Crippen LogP contribution < -0.4 is 31.0 Å². The molecule has 30 heavy (non-hydrogen) atoms. The molecular weight excluding hydrogens is 380 g/mol. The molecule has 8 heteroatoms. The van der Waals surface area contributed by atoms with E-state index in [2.05, 4.69) is 38.5 Å². The molecule has 0 radical (unpaired) electrons. The van der Waals surface area contributed by atoms with E-state index in [0.29, 0.717) is 6.54 Å². The molecule has 160 valence electrons. The number of quaternary nitrogens is 1. The monoisotopic (exact) mass is 411 g/mol. The van der Waals surface area contributed by atoms with Crippen LogP contribution in [0.3, 0.4) is 0 Å². The van der Waals surface area contributed by atoms with Gasteiger partial charge < -0.3 is 19.8 Å². The lowest BCUT2D eigenvalue weighted by molar-refractivity contribution is -0.524. The molecule has 0 saturated carbocycles. The highest BCUT2D eigenvalue weighted by molar-refractivity contribution is 5.82. The topological polar surface area (TPSA) is 86.8 Å². The molecule has 2 aromatic carbocycles. The number of hydrogen-bond donors (Lipinski definition) is 4. The SMILES string of the molecule is CNNC1=C([NH2+]c2ccccc2)NC(=NCCc2ccc(OC)c(OC)c2)N(C)C1. The third-order valence-corrected chi connectivity index (χ3v) is 4.82. The fourth-order valence-corrected chi connectivity index (χ4v) is 3.27. The van der Waals surface area contributed by atoms with Crippen molar-refractivity contribution in [3.05, 3.63) is 65.6 Å². The van der Waals surface area contributed by atoms with Gasteiger partial charge in [0, 0.05) is 20.6 Å². The first-order valence-electron chi connectivity index (χ1n) is 9.93. The van der Waals surface area contributed by atoms with Crippen molar-refractivity contribution in [1.29, 1.82) is 0 Å². The number of hydrazine groups is 1. The van der Waals surface area contributed by atoms with E-state index < -0.39 is 0 Å². The van der Waals surface area contributed by atoms with Gasteiger partial charge in [0.15, 0.2) is 11.5 Å². The maximum atomic E-state index is 5.39. The normalized spacial score (nSPS) is 15.2. The predicted molar refractivity (Wildman–Crippen MR) is 119 cm³/mol. The van der Waals surface area contributed by atoms with E-state index in [1.165, 1.54) is 0 Å². The number of rotatable bonds is 9. The Hall–Kier alpha value is -3.23. The minimum atomic E-state index is 0.662. The Bertz CT molecular complexity index is 898. The highest BCUT2D eigenvalue weighted by Crippen LogP contribution is 2.27. The number of para-hydroxylation sites is 1. The summed E-state index contributed by atoms with van der Waals surface area (Å²) in [7, 11) is 7.18. The largest absolute Gasteiger partial charge is 0.493 e. The molecule has 8 nitrogen and oxygen atoms in total. The van der Waals surface area contributed by atoms with E-state index in [0.717, 1.165) is 53.2 Å². The average molecular weight is 412 g/mol. The molecular formula is C22H31N6O2+. The summed E-state index contributed by atoms with van der Waals surface area (Å²) in [6.45, 7) is 1.39. The van der Waals surface area contributed by atoms with Gasteiger partial charge in [0.05, 0.1) is 20.8 Å². The molecule has 1 heterocycles. The van der Waals surface area contributed by atoms with Crippen LogP contribution >= 0.6 is 0 Å². The smallest absolute Gasteiger partial charge is 0.232 e. The van der Waals surface area contributed by atoms with Crippen molar-refractivity contribution >= 4 is 11.6 Å². The van der Waals surface area contributed by atoms with Crippen molar-refractivity contribution in [3.63, 3.8) is 0 Å². The number of nitrogens with one attached hydrogen (secondary N) is 3. The molecule has 2 aromatic rings. The summed E-state index contributed by atoms with van der Waals surface area (Å²) in [5, 5.41) is 5.59. The van der Waals surface area contributed by atoms with Crippen LogP contribution in [0.2, 0.25) is 0 Å². The van der Waals surface area contributed by atoms with Gasteiger partial charge >= 0.3 is 0 Å². The van der Waals surface area contributed by atoms with Crippen LogP contribution in [0.25, 0.3) is 0 Å². The second-order valence-corrected chi connectivity index (χ2v) is 6.95. The Kier molecular flexibility index (Phi) is 7.53. The van der Waals surface area contributed by atoms with Crippen molar-refractivity contribution in [2.24, 2.45) is 4.99 Å². The molecule has 1 aliphatic heterocycles.